The minimum atomic E-state index is -0.608. The summed E-state index contributed by atoms with van der Waals surface area (Å²) in [4.78, 5) is 3.61. The normalized spacial score (nSPS) is 12.9. The van der Waals surface area contributed by atoms with Gasteiger partial charge in [0.1, 0.15) is 0 Å². The molecule has 0 amide bonds. The zero-order valence-corrected chi connectivity index (χ0v) is 20.1. The zero-order chi connectivity index (χ0) is 24.3. The fourth-order valence-electron chi connectivity index (χ4n) is 4.60. The average molecular weight is 441 g/mol. The van der Waals surface area contributed by atoms with Crippen LogP contribution in [0.5, 0.6) is 0 Å². The molecule has 0 saturated carbocycles. The Labute approximate surface area is 203 Å². The third-order valence-corrected chi connectivity index (χ3v) is 6.52. The van der Waals surface area contributed by atoms with Crippen LogP contribution in [0, 0.1) is 24.8 Å². The van der Waals surface area contributed by atoms with Gasteiger partial charge in [-0.15, -0.1) is 0 Å². The summed E-state index contributed by atoms with van der Waals surface area (Å²) in [6, 6.07) is 35.6. The molecule has 4 rings (SSSR count). The Morgan fingerprint density at radius 3 is 1.68 bits per heavy atom. The molecule has 0 heterocycles. The van der Waals surface area contributed by atoms with Crippen LogP contribution in [-0.4, -0.2) is 0 Å². The summed E-state index contributed by atoms with van der Waals surface area (Å²) in [5, 5.41) is 9.42. The number of aryl methyl sites for hydroxylation is 1. The molecule has 0 aliphatic rings. The molecule has 1 unspecified atom stereocenters. The van der Waals surface area contributed by atoms with Gasteiger partial charge < -0.3 is 0 Å². The van der Waals surface area contributed by atoms with E-state index in [2.05, 4.69) is 111 Å². The lowest BCUT2D eigenvalue weighted by Gasteiger charge is -2.38. The molecule has 2 nitrogen and oxygen atoms in total. The average Bonchev–Trinajstić information content (AvgIpc) is 2.86. The largest absolute Gasteiger partial charge is 0.238 e. The van der Waals surface area contributed by atoms with E-state index >= 15 is 0 Å². The number of rotatable bonds is 4. The van der Waals surface area contributed by atoms with E-state index in [1.807, 2.05) is 24.3 Å². The Morgan fingerprint density at radius 2 is 1.18 bits per heavy atom. The Morgan fingerprint density at radius 1 is 0.676 bits per heavy atom. The summed E-state index contributed by atoms with van der Waals surface area (Å²) in [5.74, 6) is 0. The molecule has 0 radical (unpaired) electrons. The summed E-state index contributed by atoms with van der Waals surface area (Å²) in [7, 11) is 0. The molecule has 0 N–H and O–H groups in total. The van der Waals surface area contributed by atoms with E-state index < -0.39 is 5.41 Å². The first-order chi connectivity index (χ1) is 16.3. The molecule has 34 heavy (non-hydrogen) atoms. The molecular weight excluding hydrogens is 412 g/mol. The van der Waals surface area contributed by atoms with Crippen LogP contribution < -0.4 is 0 Å². The van der Waals surface area contributed by atoms with E-state index in [1.165, 1.54) is 11.1 Å². The minimum absolute atomic E-state index is 0.00630. The second-order valence-corrected chi connectivity index (χ2v) is 9.79. The van der Waals surface area contributed by atoms with Crippen molar-refractivity contribution in [1.29, 1.82) is 5.26 Å². The number of benzene rings is 4. The van der Waals surface area contributed by atoms with Crippen molar-refractivity contribution in [3.63, 3.8) is 0 Å². The molecule has 0 aliphatic heterocycles. The number of hydrogen-bond donors (Lipinski definition) is 0. The third kappa shape index (κ3) is 4.12. The van der Waals surface area contributed by atoms with Crippen LogP contribution in [0.3, 0.4) is 0 Å². The first-order valence-corrected chi connectivity index (χ1v) is 11.5. The highest BCUT2D eigenvalue weighted by Gasteiger charge is 2.39. The first kappa shape index (κ1) is 23.0. The van der Waals surface area contributed by atoms with Crippen LogP contribution in [-0.2, 0) is 10.8 Å². The van der Waals surface area contributed by atoms with E-state index in [-0.39, 0.29) is 5.41 Å². The smallest absolute Gasteiger partial charge is 0.187 e. The summed E-state index contributed by atoms with van der Waals surface area (Å²) in [6.45, 7) is 16.2. The van der Waals surface area contributed by atoms with Crippen LogP contribution in [0.25, 0.3) is 4.85 Å². The zero-order valence-electron chi connectivity index (χ0n) is 20.1. The Hall–Kier alpha value is -4.14. The second-order valence-electron chi connectivity index (χ2n) is 9.79. The van der Waals surface area contributed by atoms with Crippen molar-refractivity contribution in [2.24, 2.45) is 0 Å². The predicted octanol–water partition coefficient (Wildman–Crippen LogP) is 8.10. The predicted molar refractivity (Wildman–Crippen MR) is 139 cm³/mol. The molecule has 0 aromatic heterocycles. The van der Waals surface area contributed by atoms with E-state index in [0.29, 0.717) is 11.3 Å². The summed E-state index contributed by atoms with van der Waals surface area (Å²) in [6.07, 6.45) is 0. The lowest BCUT2D eigenvalue weighted by atomic mass is 9.64. The monoisotopic (exact) mass is 440 g/mol. The summed E-state index contributed by atoms with van der Waals surface area (Å²) < 4.78 is 0. The standard InChI is InChI=1S/C32H28N2/c1-23-9-13-25(14-10-23)32(26-15-11-24(22-33)12-16-26,27-17-19-30(34-5)20-18-27)29-8-6-7-28(21-29)31(2,3)4/h6-21H,1-4H3. The minimum Gasteiger partial charge on any atom is -0.238 e. The van der Waals surface area contributed by atoms with E-state index in [4.69, 9.17) is 6.57 Å². The Balaban J connectivity index is 2.14. The van der Waals surface area contributed by atoms with Crippen LogP contribution in [0.1, 0.15) is 59.7 Å². The molecule has 4 aromatic rings. The number of nitrogens with zero attached hydrogens (tertiary/aromatic N) is 2. The third-order valence-electron chi connectivity index (χ3n) is 6.52. The van der Waals surface area contributed by atoms with Gasteiger partial charge in [-0.2, -0.15) is 5.26 Å². The van der Waals surface area contributed by atoms with Crippen molar-refractivity contribution < 1.29 is 0 Å². The van der Waals surface area contributed by atoms with Crippen LogP contribution >= 0.6 is 0 Å². The quantitative estimate of drug-likeness (QED) is 0.233. The molecule has 166 valence electrons. The molecule has 0 spiro atoms. The summed E-state index contributed by atoms with van der Waals surface area (Å²) >= 11 is 0. The van der Waals surface area contributed by atoms with Gasteiger partial charge in [0.2, 0.25) is 0 Å². The highest BCUT2D eigenvalue weighted by atomic mass is 14.6. The molecular formula is C32H28N2. The topological polar surface area (TPSA) is 28.1 Å². The van der Waals surface area contributed by atoms with E-state index in [0.717, 1.165) is 22.3 Å². The van der Waals surface area contributed by atoms with Crippen molar-refractivity contribution in [2.75, 3.05) is 0 Å². The van der Waals surface area contributed by atoms with Crippen molar-refractivity contribution in [1.82, 2.24) is 0 Å². The fourth-order valence-corrected chi connectivity index (χ4v) is 4.60. The van der Waals surface area contributed by atoms with Crippen molar-refractivity contribution in [2.45, 2.75) is 38.5 Å². The highest BCUT2D eigenvalue weighted by Crippen LogP contribution is 2.46. The van der Waals surface area contributed by atoms with Gasteiger partial charge in [-0.3, -0.25) is 0 Å². The highest BCUT2D eigenvalue weighted by molar-refractivity contribution is 5.62. The molecule has 0 aliphatic carbocycles. The van der Waals surface area contributed by atoms with E-state index in [1.54, 1.807) is 0 Å². The van der Waals surface area contributed by atoms with E-state index in [9.17, 15) is 5.26 Å². The Kier molecular flexibility index (Phi) is 6.10. The maximum Gasteiger partial charge on any atom is 0.187 e. The fraction of sp³-hybridized carbons (Fsp3) is 0.188. The second kappa shape index (κ2) is 9.01. The first-order valence-electron chi connectivity index (χ1n) is 11.5. The summed E-state index contributed by atoms with van der Waals surface area (Å²) in [5.41, 5.74) is 7.55. The SMILES string of the molecule is [C-]#[N+]c1ccc(C(c2ccc(C)cc2)(c2ccc(C#N)cc2)c2cccc(C(C)(C)C)c2)cc1. The van der Waals surface area contributed by atoms with Crippen molar-refractivity contribution in [3.05, 3.63) is 147 Å². The number of nitriles is 1. The lowest BCUT2D eigenvalue weighted by Crippen LogP contribution is -2.31. The van der Waals surface area contributed by atoms with Crippen molar-refractivity contribution >= 4 is 5.69 Å². The van der Waals surface area contributed by atoms with Gasteiger partial charge >= 0.3 is 0 Å². The molecule has 4 aromatic carbocycles. The van der Waals surface area contributed by atoms with Gasteiger partial charge in [-0.05, 0) is 52.3 Å². The van der Waals surface area contributed by atoms with Crippen molar-refractivity contribution in [3.8, 4) is 6.07 Å². The van der Waals surface area contributed by atoms with Gasteiger partial charge in [0, 0.05) is 0 Å². The van der Waals surface area contributed by atoms with Gasteiger partial charge in [0.15, 0.2) is 5.69 Å². The lowest BCUT2D eigenvalue weighted by molar-refractivity contribution is 0.587. The van der Waals surface area contributed by atoms with Gasteiger partial charge in [0.25, 0.3) is 0 Å². The molecule has 0 fully saturated rings. The molecule has 1 atom stereocenters. The van der Waals surface area contributed by atoms with Gasteiger partial charge in [-0.1, -0.05) is 111 Å². The maximum absolute atomic E-state index is 9.42. The van der Waals surface area contributed by atoms with Crippen LogP contribution in [0.2, 0.25) is 0 Å². The van der Waals surface area contributed by atoms with Gasteiger partial charge in [-0.25, -0.2) is 4.85 Å². The molecule has 2 heteroatoms. The van der Waals surface area contributed by atoms with Crippen LogP contribution in [0.4, 0.5) is 5.69 Å². The molecule has 0 bridgehead atoms. The molecule has 0 saturated heterocycles. The van der Waals surface area contributed by atoms with Gasteiger partial charge in [0.05, 0.1) is 23.6 Å². The Bertz CT molecular complexity index is 1320. The maximum atomic E-state index is 9.42. The van der Waals surface area contributed by atoms with Crippen LogP contribution in [0.15, 0.2) is 97.1 Å². The number of hydrogen-bond acceptors (Lipinski definition) is 1.